The van der Waals surface area contributed by atoms with Crippen molar-refractivity contribution in [2.45, 2.75) is 26.2 Å². The molecule has 0 aliphatic rings. The Balaban J connectivity index is 2.68. The van der Waals surface area contributed by atoms with E-state index in [1.165, 1.54) is 0 Å². The predicted octanol–water partition coefficient (Wildman–Crippen LogP) is 1.81. The second-order valence-electron chi connectivity index (χ2n) is 3.14. The lowest BCUT2D eigenvalue weighted by atomic mass is 10.1. The van der Waals surface area contributed by atoms with Crippen LogP contribution in [-0.4, -0.2) is 17.1 Å². The maximum Gasteiger partial charge on any atom is 0.243 e. The SMILES string of the molecule is CCCCc1ccc(C(=O)C=O)nc1. The summed E-state index contributed by atoms with van der Waals surface area (Å²) >= 11 is 0. The summed E-state index contributed by atoms with van der Waals surface area (Å²) in [6.45, 7) is 2.12. The Hall–Kier alpha value is -1.51. The lowest BCUT2D eigenvalue weighted by molar-refractivity contribution is -0.104. The molecule has 0 amide bonds. The van der Waals surface area contributed by atoms with Crippen LogP contribution >= 0.6 is 0 Å². The van der Waals surface area contributed by atoms with Crippen LogP contribution in [0.25, 0.3) is 0 Å². The monoisotopic (exact) mass is 191 g/mol. The molecule has 1 aromatic rings. The maximum atomic E-state index is 10.9. The van der Waals surface area contributed by atoms with Crippen molar-refractivity contribution in [3.63, 3.8) is 0 Å². The van der Waals surface area contributed by atoms with E-state index in [-0.39, 0.29) is 12.0 Å². The number of ketones is 1. The van der Waals surface area contributed by atoms with Crippen LogP contribution < -0.4 is 0 Å². The first-order valence-corrected chi connectivity index (χ1v) is 4.72. The minimum atomic E-state index is -0.563. The van der Waals surface area contributed by atoms with Gasteiger partial charge in [0.1, 0.15) is 5.69 Å². The highest BCUT2D eigenvalue weighted by molar-refractivity contribution is 6.32. The summed E-state index contributed by atoms with van der Waals surface area (Å²) in [7, 11) is 0. The molecule has 0 N–H and O–H groups in total. The van der Waals surface area contributed by atoms with Crippen LogP contribution in [0.15, 0.2) is 18.3 Å². The molecule has 0 fully saturated rings. The topological polar surface area (TPSA) is 47.0 Å². The molecule has 0 saturated heterocycles. The van der Waals surface area contributed by atoms with Gasteiger partial charge in [0.15, 0.2) is 6.29 Å². The molecule has 0 spiro atoms. The molecule has 0 aromatic carbocycles. The lowest BCUT2D eigenvalue weighted by Crippen LogP contribution is -2.03. The third-order valence-electron chi connectivity index (χ3n) is 2.00. The van der Waals surface area contributed by atoms with Crippen LogP contribution in [0.3, 0.4) is 0 Å². The quantitative estimate of drug-likeness (QED) is 0.405. The molecule has 0 unspecified atom stereocenters. The van der Waals surface area contributed by atoms with Crippen LogP contribution in [0.2, 0.25) is 0 Å². The number of hydrogen-bond acceptors (Lipinski definition) is 3. The Morgan fingerprint density at radius 2 is 2.29 bits per heavy atom. The summed E-state index contributed by atoms with van der Waals surface area (Å²) in [5, 5.41) is 0. The Morgan fingerprint density at radius 1 is 1.50 bits per heavy atom. The van der Waals surface area contributed by atoms with Crippen molar-refractivity contribution in [2.24, 2.45) is 0 Å². The average Bonchev–Trinajstić information content (AvgIpc) is 2.26. The van der Waals surface area contributed by atoms with E-state index in [2.05, 4.69) is 11.9 Å². The molecule has 14 heavy (non-hydrogen) atoms. The van der Waals surface area contributed by atoms with Crippen LogP contribution in [-0.2, 0) is 11.2 Å². The highest BCUT2D eigenvalue weighted by Gasteiger charge is 2.04. The molecule has 74 valence electrons. The summed E-state index contributed by atoms with van der Waals surface area (Å²) in [6.07, 6.45) is 5.16. The summed E-state index contributed by atoms with van der Waals surface area (Å²) in [5.41, 5.74) is 1.33. The zero-order valence-corrected chi connectivity index (χ0v) is 8.19. The van der Waals surface area contributed by atoms with Crippen molar-refractivity contribution < 1.29 is 9.59 Å². The van der Waals surface area contributed by atoms with Gasteiger partial charge in [-0.1, -0.05) is 19.4 Å². The molecule has 0 bridgehead atoms. The fourth-order valence-corrected chi connectivity index (χ4v) is 1.16. The fourth-order valence-electron chi connectivity index (χ4n) is 1.16. The van der Waals surface area contributed by atoms with E-state index < -0.39 is 5.78 Å². The van der Waals surface area contributed by atoms with E-state index in [0.717, 1.165) is 24.8 Å². The van der Waals surface area contributed by atoms with Gasteiger partial charge in [-0.15, -0.1) is 0 Å². The number of aldehydes is 1. The Morgan fingerprint density at radius 3 is 2.79 bits per heavy atom. The van der Waals surface area contributed by atoms with Gasteiger partial charge in [0.25, 0.3) is 0 Å². The minimum absolute atomic E-state index is 0.222. The van der Waals surface area contributed by atoms with Gasteiger partial charge in [0, 0.05) is 6.20 Å². The first-order chi connectivity index (χ1) is 6.77. The summed E-state index contributed by atoms with van der Waals surface area (Å²) in [6, 6.07) is 3.45. The minimum Gasteiger partial charge on any atom is -0.294 e. The second kappa shape index (κ2) is 5.27. The Bertz CT molecular complexity index is 317. The van der Waals surface area contributed by atoms with Gasteiger partial charge in [-0.05, 0) is 24.5 Å². The van der Waals surface area contributed by atoms with Crippen LogP contribution in [0.5, 0.6) is 0 Å². The van der Waals surface area contributed by atoms with E-state index in [1.54, 1.807) is 12.3 Å². The Labute approximate surface area is 83.2 Å². The van der Waals surface area contributed by atoms with E-state index >= 15 is 0 Å². The van der Waals surface area contributed by atoms with Gasteiger partial charge in [-0.2, -0.15) is 0 Å². The van der Waals surface area contributed by atoms with Crippen LogP contribution in [0.1, 0.15) is 35.8 Å². The number of unbranched alkanes of at least 4 members (excludes halogenated alkanes) is 1. The molecule has 0 aliphatic carbocycles. The van der Waals surface area contributed by atoms with Crippen molar-refractivity contribution >= 4 is 12.1 Å². The molecular weight excluding hydrogens is 178 g/mol. The number of rotatable bonds is 5. The van der Waals surface area contributed by atoms with Gasteiger partial charge < -0.3 is 0 Å². The molecule has 1 aromatic heterocycles. The van der Waals surface area contributed by atoms with Gasteiger partial charge in [0.05, 0.1) is 0 Å². The fraction of sp³-hybridized carbons (Fsp3) is 0.364. The molecule has 1 rings (SSSR count). The van der Waals surface area contributed by atoms with Crippen molar-refractivity contribution in [2.75, 3.05) is 0 Å². The predicted molar refractivity (Wildman–Crippen MR) is 53.2 cm³/mol. The highest BCUT2D eigenvalue weighted by atomic mass is 16.2. The molecule has 1 heterocycles. The smallest absolute Gasteiger partial charge is 0.243 e. The Kier molecular flexibility index (Phi) is 3.98. The first kappa shape index (κ1) is 10.6. The molecule has 0 aliphatic heterocycles. The largest absolute Gasteiger partial charge is 0.294 e. The van der Waals surface area contributed by atoms with Crippen molar-refractivity contribution in [1.29, 1.82) is 0 Å². The number of pyridine rings is 1. The van der Waals surface area contributed by atoms with Crippen LogP contribution in [0, 0.1) is 0 Å². The number of carbonyl (C=O) groups excluding carboxylic acids is 2. The van der Waals surface area contributed by atoms with E-state index in [1.807, 2.05) is 6.07 Å². The van der Waals surface area contributed by atoms with Gasteiger partial charge >= 0.3 is 0 Å². The third-order valence-corrected chi connectivity index (χ3v) is 2.00. The van der Waals surface area contributed by atoms with Crippen LogP contribution in [0.4, 0.5) is 0 Å². The summed E-state index contributed by atoms with van der Waals surface area (Å²) in [5.74, 6) is -0.563. The first-order valence-electron chi connectivity index (χ1n) is 4.72. The highest BCUT2D eigenvalue weighted by Crippen LogP contribution is 2.04. The molecule has 0 atom stereocenters. The molecular formula is C11H13NO2. The summed E-state index contributed by atoms with van der Waals surface area (Å²) < 4.78 is 0. The summed E-state index contributed by atoms with van der Waals surface area (Å²) in [4.78, 5) is 25.0. The molecule has 3 heteroatoms. The zero-order valence-electron chi connectivity index (χ0n) is 8.19. The number of nitrogens with zero attached hydrogens (tertiary/aromatic N) is 1. The van der Waals surface area contributed by atoms with Crippen molar-refractivity contribution in [1.82, 2.24) is 4.98 Å². The molecule has 0 saturated carbocycles. The van der Waals surface area contributed by atoms with Gasteiger partial charge in [-0.25, -0.2) is 0 Å². The second-order valence-corrected chi connectivity index (χ2v) is 3.14. The van der Waals surface area contributed by atoms with Gasteiger partial charge in [0.2, 0.25) is 5.78 Å². The average molecular weight is 191 g/mol. The number of aryl methyl sites for hydroxylation is 1. The van der Waals surface area contributed by atoms with Crippen molar-refractivity contribution in [3.8, 4) is 0 Å². The molecule has 0 radical (unpaired) electrons. The number of Topliss-reactive ketones (excluding diaryl/α,β-unsaturated/α-hetero) is 1. The van der Waals surface area contributed by atoms with E-state index in [0.29, 0.717) is 0 Å². The maximum absolute atomic E-state index is 10.9. The lowest BCUT2D eigenvalue weighted by Gasteiger charge is -1.99. The number of aromatic nitrogens is 1. The van der Waals surface area contributed by atoms with Crippen molar-refractivity contribution in [3.05, 3.63) is 29.6 Å². The van der Waals surface area contributed by atoms with E-state index in [4.69, 9.17) is 0 Å². The molecule has 3 nitrogen and oxygen atoms in total. The number of hydrogen-bond donors (Lipinski definition) is 0. The normalized spacial score (nSPS) is 9.79. The zero-order chi connectivity index (χ0) is 10.4. The van der Waals surface area contributed by atoms with E-state index in [9.17, 15) is 9.59 Å². The third kappa shape index (κ3) is 2.76. The number of carbonyl (C=O) groups is 2. The standard InChI is InChI=1S/C11H13NO2/c1-2-3-4-9-5-6-10(12-7-9)11(14)8-13/h5-8H,2-4H2,1H3. The van der Waals surface area contributed by atoms with Gasteiger partial charge in [-0.3, -0.25) is 14.6 Å².